The fourth-order valence-electron chi connectivity index (χ4n) is 1.10. The molecule has 88 valence electrons. The molecule has 0 aliphatic heterocycles. The van der Waals surface area contributed by atoms with Gasteiger partial charge in [-0.25, -0.2) is 0 Å². The largest absolute Gasteiger partial charge is 0.573 e. The Morgan fingerprint density at radius 1 is 1.38 bits per heavy atom. The summed E-state index contributed by atoms with van der Waals surface area (Å²) < 4.78 is 44.4. The summed E-state index contributed by atoms with van der Waals surface area (Å²) in [5.74, 6) is -0.218. The number of aldehydes is 1. The van der Waals surface area contributed by atoms with Gasteiger partial charge in [0.05, 0.1) is 12.2 Å². The van der Waals surface area contributed by atoms with Crippen molar-refractivity contribution in [2.75, 3.05) is 6.61 Å². The van der Waals surface area contributed by atoms with Crippen LogP contribution in [0.4, 0.5) is 13.2 Å². The summed E-state index contributed by atoms with van der Waals surface area (Å²) in [6.45, 7) is 2.02. The summed E-state index contributed by atoms with van der Waals surface area (Å²) >= 11 is 0. The summed E-state index contributed by atoms with van der Waals surface area (Å²) in [6, 6.07) is 3.32. The zero-order valence-electron chi connectivity index (χ0n) is 8.38. The van der Waals surface area contributed by atoms with Crippen molar-refractivity contribution >= 4 is 6.29 Å². The normalized spacial score (nSPS) is 11.0. The first-order chi connectivity index (χ1) is 7.46. The molecular formula is C10H9F3O3. The highest BCUT2D eigenvalue weighted by molar-refractivity contribution is 5.80. The van der Waals surface area contributed by atoms with Crippen molar-refractivity contribution in [2.24, 2.45) is 0 Å². The average molecular weight is 234 g/mol. The predicted molar refractivity (Wildman–Crippen MR) is 49.7 cm³/mol. The van der Waals surface area contributed by atoms with Gasteiger partial charge in [0.25, 0.3) is 0 Å². The highest BCUT2D eigenvalue weighted by atomic mass is 19.4. The number of hydrogen-bond acceptors (Lipinski definition) is 3. The molecule has 0 unspecified atom stereocenters. The van der Waals surface area contributed by atoms with Crippen LogP contribution in [0.5, 0.6) is 11.5 Å². The van der Waals surface area contributed by atoms with Gasteiger partial charge in [0, 0.05) is 0 Å². The lowest BCUT2D eigenvalue weighted by molar-refractivity contribution is -0.274. The standard InChI is InChI=1S/C10H9F3O3/c1-2-15-9-4-3-8(5-7(9)6-14)16-10(11,12)13/h3-6H,2H2,1H3. The second-order valence-corrected chi connectivity index (χ2v) is 2.80. The molecule has 0 atom stereocenters. The molecule has 3 nitrogen and oxygen atoms in total. The number of rotatable bonds is 4. The second-order valence-electron chi connectivity index (χ2n) is 2.80. The maximum Gasteiger partial charge on any atom is 0.573 e. The number of alkyl halides is 3. The Morgan fingerprint density at radius 3 is 2.56 bits per heavy atom. The Hall–Kier alpha value is -1.72. The molecule has 0 saturated carbocycles. The smallest absolute Gasteiger partial charge is 0.493 e. The molecule has 0 aliphatic carbocycles. The Morgan fingerprint density at radius 2 is 2.06 bits per heavy atom. The number of carbonyl (C=O) groups excluding carboxylic acids is 1. The number of halogens is 3. The van der Waals surface area contributed by atoms with Gasteiger partial charge in [-0.1, -0.05) is 0 Å². The van der Waals surface area contributed by atoms with Crippen LogP contribution in [0.15, 0.2) is 18.2 Å². The minimum atomic E-state index is -4.77. The molecule has 0 spiro atoms. The van der Waals surface area contributed by atoms with E-state index < -0.39 is 12.1 Å². The van der Waals surface area contributed by atoms with E-state index in [0.29, 0.717) is 12.9 Å². The van der Waals surface area contributed by atoms with E-state index in [1.54, 1.807) is 6.92 Å². The summed E-state index contributed by atoms with van der Waals surface area (Å²) in [5, 5.41) is 0. The van der Waals surface area contributed by atoms with Crippen LogP contribution < -0.4 is 9.47 Å². The first-order valence-corrected chi connectivity index (χ1v) is 4.44. The molecular weight excluding hydrogens is 225 g/mol. The molecule has 1 aromatic carbocycles. The van der Waals surface area contributed by atoms with Gasteiger partial charge in [0.1, 0.15) is 11.5 Å². The van der Waals surface area contributed by atoms with Gasteiger partial charge in [-0.05, 0) is 25.1 Å². The Labute approximate surface area is 89.8 Å². The van der Waals surface area contributed by atoms with E-state index in [9.17, 15) is 18.0 Å². The molecule has 6 heteroatoms. The van der Waals surface area contributed by atoms with Crippen LogP contribution in [0.25, 0.3) is 0 Å². The van der Waals surface area contributed by atoms with Crippen molar-refractivity contribution < 1.29 is 27.4 Å². The van der Waals surface area contributed by atoms with Crippen molar-refractivity contribution in [1.29, 1.82) is 0 Å². The van der Waals surface area contributed by atoms with Crippen LogP contribution in [0.2, 0.25) is 0 Å². The van der Waals surface area contributed by atoms with Crippen LogP contribution in [-0.2, 0) is 0 Å². The van der Waals surface area contributed by atoms with E-state index in [1.807, 2.05) is 0 Å². The Bertz CT molecular complexity index is 374. The number of benzene rings is 1. The van der Waals surface area contributed by atoms with Gasteiger partial charge in [-0.3, -0.25) is 4.79 Å². The molecule has 1 rings (SSSR count). The van der Waals surface area contributed by atoms with Gasteiger partial charge in [-0.15, -0.1) is 13.2 Å². The molecule has 16 heavy (non-hydrogen) atoms. The van der Waals surface area contributed by atoms with Gasteiger partial charge >= 0.3 is 6.36 Å². The van der Waals surface area contributed by atoms with Gasteiger partial charge in [-0.2, -0.15) is 0 Å². The lowest BCUT2D eigenvalue weighted by Gasteiger charge is -2.11. The molecule has 0 aliphatic rings. The summed E-state index contributed by atoms with van der Waals surface area (Å²) in [5.41, 5.74) is 0.0172. The molecule has 0 fully saturated rings. The Kier molecular flexibility index (Phi) is 3.76. The lowest BCUT2D eigenvalue weighted by atomic mass is 10.2. The quantitative estimate of drug-likeness (QED) is 0.751. The monoisotopic (exact) mass is 234 g/mol. The van der Waals surface area contributed by atoms with Crippen LogP contribution >= 0.6 is 0 Å². The molecule has 1 aromatic rings. The third-order valence-electron chi connectivity index (χ3n) is 1.64. The fourth-order valence-corrected chi connectivity index (χ4v) is 1.10. The molecule has 0 heterocycles. The summed E-state index contributed by atoms with van der Waals surface area (Å²) in [4.78, 5) is 10.6. The molecule has 0 saturated heterocycles. The van der Waals surface area contributed by atoms with Crippen molar-refractivity contribution in [2.45, 2.75) is 13.3 Å². The summed E-state index contributed by atoms with van der Waals surface area (Å²) in [7, 11) is 0. The number of hydrogen-bond donors (Lipinski definition) is 0. The van der Waals surface area contributed by atoms with Crippen LogP contribution in [0.3, 0.4) is 0 Å². The van der Waals surface area contributed by atoms with Crippen molar-refractivity contribution in [1.82, 2.24) is 0 Å². The first-order valence-electron chi connectivity index (χ1n) is 4.44. The van der Waals surface area contributed by atoms with Crippen molar-refractivity contribution in [3.05, 3.63) is 23.8 Å². The van der Waals surface area contributed by atoms with Gasteiger partial charge < -0.3 is 9.47 Å². The second kappa shape index (κ2) is 4.87. The van der Waals surface area contributed by atoms with Gasteiger partial charge in [0.2, 0.25) is 0 Å². The van der Waals surface area contributed by atoms with E-state index >= 15 is 0 Å². The van der Waals surface area contributed by atoms with Gasteiger partial charge in [0.15, 0.2) is 6.29 Å². The highest BCUT2D eigenvalue weighted by Crippen LogP contribution is 2.27. The maximum atomic E-state index is 11.9. The van der Waals surface area contributed by atoms with Crippen LogP contribution in [0.1, 0.15) is 17.3 Å². The number of carbonyl (C=O) groups is 1. The summed E-state index contributed by atoms with van der Waals surface area (Å²) in [6.07, 6.45) is -4.36. The minimum absolute atomic E-state index is 0.0172. The molecule has 0 amide bonds. The predicted octanol–water partition coefficient (Wildman–Crippen LogP) is 2.80. The van der Waals surface area contributed by atoms with E-state index in [2.05, 4.69) is 4.74 Å². The zero-order chi connectivity index (χ0) is 12.2. The lowest BCUT2D eigenvalue weighted by Crippen LogP contribution is -2.17. The van der Waals surface area contributed by atoms with Crippen molar-refractivity contribution in [3.63, 3.8) is 0 Å². The third kappa shape index (κ3) is 3.45. The topological polar surface area (TPSA) is 35.5 Å². The minimum Gasteiger partial charge on any atom is -0.493 e. The molecule has 0 N–H and O–H groups in total. The van der Waals surface area contributed by atoms with Crippen LogP contribution in [0, 0.1) is 0 Å². The fraction of sp³-hybridized carbons (Fsp3) is 0.300. The maximum absolute atomic E-state index is 11.9. The Balaban J connectivity index is 2.95. The van der Waals surface area contributed by atoms with E-state index in [4.69, 9.17) is 4.74 Å². The highest BCUT2D eigenvalue weighted by Gasteiger charge is 2.31. The zero-order valence-corrected chi connectivity index (χ0v) is 8.38. The van der Waals surface area contributed by atoms with E-state index in [1.165, 1.54) is 6.07 Å². The molecule has 0 radical (unpaired) electrons. The average Bonchev–Trinajstić information content (AvgIpc) is 2.18. The molecule has 0 bridgehead atoms. The van der Waals surface area contributed by atoms with Crippen LogP contribution in [-0.4, -0.2) is 19.3 Å². The number of ether oxygens (including phenoxy) is 2. The van der Waals surface area contributed by atoms with Crippen molar-refractivity contribution in [3.8, 4) is 11.5 Å². The van der Waals surface area contributed by atoms with E-state index in [-0.39, 0.29) is 11.3 Å². The van der Waals surface area contributed by atoms with E-state index in [0.717, 1.165) is 12.1 Å². The SMILES string of the molecule is CCOc1ccc(OC(F)(F)F)cc1C=O. The third-order valence-corrected chi connectivity index (χ3v) is 1.64. The molecule has 0 aromatic heterocycles. The first kappa shape index (κ1) is 12.4.